The average Bonchev–Trinajstić information content (AvgIpc) is 3.40. The minimum absolute atomic E-state index is 0.773. The summed E-state index contributed by atoms with van der Waals surface area (Å²) < 4.78 is 6.26. The molecule has 188 valence electrons. The van der Waals surface area contributed by atoms with Gasteiger partial charge < -0.3 is 9.32 Å². The molecule has 0 unspecified atom stereocenters. The van der Waals surface area contributed by atoms with Gasteiger partial charge in [0.05, 0.1) is 17.6 Å². The van der Waals surface area contributed by atoms with Gasteiger partial charge in [-0.1, -0.05) is 103 Å². The minimum atomic E-state index is 0.773. The maximum atomic E-state index is 6.26. The van der Waals surface area contributed by atoms with E-state index < -0.39 is 0 Å². The summed E-state index contributed by atoms with van der Waals surface area (Å²) in [6.45, 7) is 0. The Balaban J connectivity index is 1.38. The van der Waals surface area contributed by atoms with E-state index >= 15 is 0 Å². The lowest BCUT2D eigenvalue weighted by atomic mass is 9.99. The Kier molecular flexibility index (Phi) is 5.14. The number of aromatic nitrogens is 1. The van der Waals surface area contributed by atoms with Crippen molar-refractivity contribution in [2.45, 2.75) is 0 Å². The first-order valence-electron chi connectivity index (χ1n) is 13.5. The van der Waals surface area contributed by atoms with E-state index in [0.717, 1.165) is 39.1 Å². The molecule has 0 fully saturated rings. The third-order valence-corrected chi connectivity index (χ3v) is 7.68. The van der Waals surface area contributed by atoms with Crippen molar-refractivity contribution in [3.63, 3.8) is 0 Å². The van der Waals surface area contributed by atoms with Gasteiger partial charge in [-0.15, -0.1) is 0 Å². The molecule has 0 aliphatic heterocycles. The number of hydrogen-bond acceptors (Lipinski definition) is 3. The van der Waals surface area contributed by atoms with E-state index in [1.165, 1.54) is 32.7 Å². The Bertz CT molecular complexity index is 2160. The normalized spacial score (nSPS) is 11.5. The number of fused-ring (bicyclic) bond motifs is 6. The van der Waals surface area contributed by atoms with E-state index in [4.69, 9.17) is 9.40 Å². The van der Waals surface area contributed by atoms with Crippen molar-refractivity contribution in [1.82, 2.24) is 4.98 Å². The highest BCUT2D eigenvalue weighted by Crippen LogP contribution is 2.43. The van der Waals surface area contributed by atoms with Crippen LogP contribution in [0, 0.1) is 0 Å². The summed E-state index contributed by atoms with van der Waals surface area (Å²) in [6.07, 6.45) is 1.96. The number of nitrogens with zero attached hydrogens (tertiary/aromatic N) is 2. The minimum Gasteiger partial charge on any atom is -0.454 e. The zero-order valence-corrected chi connectivity index (χ0v) is 21.7. The molecule has 0 amide bonds. The van der Waals surface area contributed by atoms with E-state index in [1.807, 2.05) is 30.5 Å². The molecule has 2 heterocycles. The SMILES string of the molecule is c1ccc(-c2ccc(N(c3cnc4c(c3)oc3ccccc34)c3cc4ccccc4c4ccccc34)cc2)cc1. The van der Waals surface area contributed by atoms with Crippen LogP contribution in [0.25, 0.3) is 54.7 Å². The van der Waals surface area contributed by atoms with Crippen LogP contribution in [0.15, 0.2) is 150 Å². The molecule has 0 atom stereocenters. The Hall–Kier alpha value is -5.41. The van der Waals surface area contributed by atoms with Crippen LogP contribution < -0.4 is 4.90 Å². The predicted molar refractivity (Wildman–Crippen MR) is 167 cm³/mol. The van der Waals surface area contributed by atoms with E-state index in [0.29, 0.717) is 0 Å². The van der Waals surface area contributed by atoms with Crippen LogP contribution in [0.1, 0.15) is 0 Å². The zero-order valence-electron chi connectivity index (χ0n) is 21.7. The van der Waals surface area contributed by atoms with E-state index in [2.05, 4.69) is 120 Å². The lowest BCUT2D eigenvalue weighted by Crippen LogP contribution is -2.11. The molecule has 40 heavy (non-hydrogen) atoms. The summed E-state index contributed by atoms with van der Waals surface area (Å²) in [5.41, 5.74) is 7.96. The van der Waals surface area contributed by atoms with Crippen LogP contribution >= 0.6 is 0 Å². The van der Waals surface area contributed by atoms with Crippen LogP contribution in [0.5, 0.6) is 0 Å². The molecule has 0 bridgehead atoms. The number of rotatable bonds is 4. The van der Waals surface area contributed by atoms with Gasteiger partial charge in [0.2, 0.25) is 0 Å². The summed E-state index contributed by atoms with van der Waals surface area (Å²) in [7, 11) is 0. The Morgan fingerprint density at radius 2 is 1.12 bits per heavy atom. The number of hydrogen-bond donors (Lipinski definition) is 0. The number of benzene rings is 6. The molecule has 0 saturated carbocycles. The Labute approximate surface area is 231 Å². The van der Waals surface area contributed by atoms with Gasteiger partial charge in [-0.25, -0.2) is 4.98 Å². The lowest BCUT2D eigenvalue weighted by molar-refractivity contribution is 0.668. The van der Waals surface area contributed by atoms with Gasteiger partial charge in [-0.2, -0.15) is 0 Å². The van der Waals surface area contributed by atoms with Crippen molar-refractivity contribution in [2.75, 3.05) is 4.90 Å². The summed E-state index contributed by atoms with van der Waals surface area (Å²) in [6, 6.07) is 48.9. The molecule has 3 nitrogen and oxygen atoms in total. The van der Waals surface area contributed by atoms with Gasteiger partial charge >= 0.3 is 0 Å². The summed E-state index contributed by atoms with van der Waals surface area (Å²) in [5, 5.41) is 5.86. The van der Waals surface area contributed by atoms with Gasteiger partial charge in [-0.3, -0.25) is 0 Å². The van der Waals surface area contributed by atoms with Crippen LogP contribution in [-0.4, -0.2) is 4.98 Å². The highest BCUT2D eigenvalue weighted by Gasteiger charge is 2.19. The first kappa shape index (κ1) is 22.6. The Morgan fingerprint density at radius 3 is 1.95 bits per heavy atom. The zero-order chi connectivity index (χ0) is 26.5. The van der Waals surface area contributed by atoms with Crippen molar-refractivity contribution in [2.24, 2.45) is 0 Å². The standard InChI is InChI=1S/C37H24N2O/c1-2-10-25(11-3-1)26-18-20-28(21-19-26)39(29-23-36-37(38-24-29)33-16-8-9-17-35(33)40-36)34-22-27-12-4-5-13-30(27)31-14-6-7-15-32(31)34/h1-24H. The van der Waals surface area contributed by atoms with Crippen molar-refractivity contribution in [1.29, 1.82) is 0 Å². The average molecular weight is 513 g/mol. The van der Waals surface area contributed by atoms with Crippen LogP contribution in [0.2, 0.25) is 0 Å². The number of furan rings is 1. The van der Waals surface area contributed by atoms with Gasteiger partial charge in [0.1, 0.15) is 11.1 Å². The van der Waals surface area contributed by atoms with Crippen LogP contribution in [-0.2, 0) is 0 Å². The van der Waals surface area contributed by atoms with Crippen LogP contribution in [0.3, 0.4) is 0 Å². The molecule has 8 aromatic rings. The summed E-state index contributed by atoms with van der Waals surface area (Å²) >= 11 is 0. The van der Waals surface area contributed by atoms with E-state index in [1.54, 1.807) is 0 Å². The molecular weight excluding hydrogens is 488 g/mol. The third kappa shape index (κ3) is 3.63. The largest absolute Gasteiger partial charge is 0.454 e. The molecular formula is C37H24N2O. The maximum Gasteiger partial charge on any atom is 0.155 e. The fourth-order valence-electron chi connectivity index (χ4n) is 5.79. The molecule has 0 spiro atoms. The molecule has 3 heteroatoms. The van der Waals surface area contributed by atoms with Gasteiger partial charge in [0, 0.05) is 22.5 Å². The van der Waals surface area contributed by atoms with E-state index in [-0.39, 0.29) is 0 Å². The maximum absolute atomic E-state index is 6.26. The molecule has 6 aromatic carbocycles. The first-order valence-corrected chi connectivity index (χ1v) is 13.5. The van der Waals surface area contributed by atoms with Gasteiger partial charge in [-0.05, 0) is 57.6 Å². The summed E-state index contributed by atoms with van der Waals surface area (Å²) in [5.74, 6) is 0. The number of anilines is 3. The molecule has 0 N–H and O–H groups in total. The van der Waals surface area contributed by atoms with Crippen molar-refractivity contribution >= 4 is 60.7 Å². The van der Waals surface area contributed by atoms with Gasteiger partial charge in [0.25, 0.3) is 0 Å². The van der Waals surface area contributed by atoms with Crippen molar-refractivity contribution in [3.8, 4) is 11.1 Å². The fraction of sp³-hybridized carbons (Fsp3) is 0. The number of para-hydroxylation sites is 1. The topological polar surface area (TPSA) is 29.3 Å². The second-order valence-electron chi connectivity index (χ2n) is 10.0. The van der Waals surface area contributed by atoms with E-state index in [9.17, 15) is 0 Å². The summed E-state index contributed by atoms with van der Waals surface area (Å²) in [4.78, 5) is 7.21. The highest BCUT2D eigenvalue weighted by molar-refractivity contribution is 6.14. The molecule has 8 rings (SSSR count). The van der Waals surface area contributed by atoms with Crippen molar-refractivity contribution < 1.29 is 4.42 Å². The second kappa shape index (κ2) is 9.11. The smallest absolute Gasteiger partial charge is 0.155 e. The molecule has 0 saturated heterocycles. The monoisotopic (exact) mass is 512 g/mol. The highest BCUT2D eigenvalue weighted by atomic mass is 16.3. The fourth-order valence-corrected chi connectivity index (χ4v) is 5.79. The van der Waals surface area contributed by atoms with Gasteiger partial charge in [0.15, 0.2) is 5.58 Å². The lowest BCUT2D eigenvalue weighted by Gasteiger charge is -2.27. The first-order chi connectivity index (χ1) is 19.8. The third-order valence-electron chi connectivity index (χ3n) is 7.68. The Morgan fingerprint density at radius 1 is 0.475 bits per heavy atom. The predicted octanol–water partition coefficient (Wildman–Crippen LogP) is 10.4. The molecule has 0 aliphatic rings. The van der Waals surface area contributed by atoms with Crippen LogP contribution in [0.4, 0.5) is 17.1 Å². The number of pyridine rings is 1. The molecule has 0 radical (unpaired) electrons. The molecule has 0 aliphatic carbocycles. The van der Waals surface area contributed by atoms with Crippen molar-refractivity contribution in [3.05, 3.63) is 146 Å². The quantitative estimate of drug-likeness (QED) is 0.220. The molecule has 2 aromatic heterocycles. The second-order valence-corrected chi connectivity index (χ2v) is 10.0.